The Morgan fingerprint density at radius 3 is 2.61 bits per heavy atom. The van der Waals surface area contributed by atoms with Crippen LogP contribution < -0.4 is 16.4 Å². The van der Waals surface area contributed by atoms with Crippen LogP contribution in [0.2, 0.25) is 0 Å². The van der Waals surface area contributed by atoms with Crippen molar-refractivity contribution in [1.29, 1.82) is 5.26 Å². The molecule has 0 bridgehead atoms. The fraction of sp³-hybridized carbons (Fsp3) is 0.280. The minimum Gasteiger partial charge on any atom is -0.395 e. The third-order valence-corrected chi connectivity index (χ3v) is 5.89. The number of fused-ring (bicyclic) bond motifs is 1. The summed E-state index contributed by atoms with van der Waals surface area (Å²) in [6.45, 7) is 7.67. The molecule has 184 valence electrons. The molecule has 0 fully saturated rings. The molecule has 3 heterocycles. The van der Waals surface area contributed by atoms with Crippen LogP contribution in [0.1, 0.15) is 51.4 Å². The number of amides is 1. The maximum absolute atomic E-state index is 12.6. The summed E-state index contributed by atoms with van der Waals surface area (Å²) in [6, 6.07) is 7.43. The molecule has 0 aliphatic carbocycles. The summed E-state index contributed by atoms with van der Waals surface area (Å²) in [7, 11) is 0. The van der Waals surface area contributed by atoms with Crippen molar-refractivity contribution in [3.63, 3.8) is 0 Å². The van der Waals surface area contributed by atoms with Gasteiger partial charge < -0.3 is 21.5 Å². The average molecular weight is 486 g/mol. The maximum atomic E-state index is 12.6. The van der Waals surface area contributed by atoms with Crippen molar-refractivity contribution < 1.29 is 9.90 Å². The van der Waals surface area contributed by atoms with Crippen LogP contribution in [0.25, 0.3) is 16.8 Å². The van der Waals surface area contributed by atoms with Crippen molar-refractivity contribution in [2.75, 3.05) is 24.2 Å². The Morgan fingerprint density at radius 1 is 1.22 bits per heavy atom. The Morgan fingerprint density at radius 2 is 1.94 bits per heavy atom. The quantitative estimate of drug-likeness (QED) is 0.307. The molecule has 3 aromatic heterocycles. The number of nitrogens with zero attached hydrogens (tertiary/aromatic N) is 6. The first-order valence-electron chi connectivity index (χ1n) is 11.4. The summed E-state index contributed by atoms with van der Waals surface area (Å²) < 4.78 is 1.78. The second-order valence-corrected chi connectivity index (χ2v) is 8.54. The summed E-state index contributed by atoms with van der Waals surface area (Å²) in [4.78, 5) is 25.5. The number of aliphatic hydroxyl groups excluding tert-OH is 1. The predicted octanol–water partition coefficient (Wildman–Crippen LogP) is 2.46. The molecule has 0 saturated heterocycles. The van der Waals surface area contributed by atoms with Crippen LogP contribution in [-0.2, 0) is 0 Å². The lowest BCUT2D eigenvalue weighted by atomic mass is 9.96. The molecule has 1 atom stereocenters. The zero-order valence-corrected chi connectivity index (χ0v) is 20.5. The van der Waals surface area contributed by atoms with Crippen molar-refractivity contribution in [3.05, 3.63) is 64.4 Å². The van der Waals surface area contributed by atoms with Crippen molar-refractivity contribution in [2.24, 2.45) is 0 Å². The fourth-order valence-electron chi connectivity index (χ4n) is 4.18. The van der Waals surface area contributed by atoms with E-state index in [2.05, 4.69) is 25.7 Å². The first-order chi connectivity index (χ1) is 17.2. The SMILES string of the molecule is Cc1cc(-c2nc(C(C)Nc3ncnc(N)c3C#N)nn3ccc(C)c23)cc(C)c1C(=O)NCCO. The van der Waals surface area contributed by atoms with Gasteiger partial charge in [0, 0.05) is 23.9 Å². The molecule has 0 radical (unpaired) electrons. The molecular weight excluding hydrogens is 458 g/mol. The van der Waals surface area contributed by atoms with Crippen molar-refractivity contribution in [2.45, 2.75) is 33.7 Å². The van der Waals surface area contributed by atoms with Gasteiger partial charge >= 0.3 is 0 Å². The van der Waals surface area contributed by atoms with E-state index in [4.69, 9.17) is 15.8 Å². The molecular formula is C25H27N9O2. The molecule has 4 rings (SSSR count). The first-order valence-corrected chi connectivity index (χ1v) is 11.4. The largest absolute Gasteiger partial charge is 0.395 e. The van der Waals surface area contributed by atoms with Gasteiger partial charge in [-0.1, -0.05) is 0 Å². The topological polar surface area (TPSA) is 167 Å². The number of nitrogens with one attached hydrogen (secondary N) is 2. The number of nitrogen functional groups attached to an aromatic ring is 1. The van der Waals surface area contributed by atoms with Crippen LogP contribution in [0.4, 0.5) is 11.6 Å². The summed E-state index contributed by atoms with van der Waals surface area (Å²) in [6.07, 6.45) is 3.16. The van der Waals surface area contributed by atoms with Gasteiger partial charge in [-0.05, 0) is 62.6 Å². The predicted molar refractivity (Wildman–Crippen MR) is 135 cm³/mol. The lowest BCUT2D eigenvalue weighted by Crippen LogP contribution is -2.27. The monoisotopic (exact) mass is 485 g/mol. The third kappa shape index (κ3) is 4.54. The molecule has 1 aromatic carbocycles. The van der Waals surface area contributed by atoms with Crippen LogP contribution in [0.15, 0.2) is 30.7 Å². The highest BCUT2D eigenvalue weighted by Gasteiger charge is 2.21. The van der Waals surface area contributed by atoms with Crippen molar-refractivity contribution >= 4 is 23.1 Å². The molecule has 11 nitrogen and oxygen atoms in total. The van der Waals surface area contributed by atoms with E-state index < -0.39 is 6.04 Å². The van der Waals surface area contributed by atoms with E-state index in [9.17, 15) is 10.1 Å². The number of carbonyl (C=O) groups is 1. The molecule has 1 unspecified atom stereocenters. The number of hydrogen-bond donors (Lipinski definition) is 4. The molecule has 1 amide bonds. The Labute approximate surface area is 208 Å². The number of aromatic nitrogens is 5. The molecule has 0 aliphatic rings. The van der Waals surface area contributed by atoms with Gasteiger partial charge in [0.25, 0.3) is 5.91 Å². The second-order valence-electron chi connectivity index (χ2n) is 8.54. The van der Waals surface area contributed by atoms with Crippen LogP contribution in [-0.4, -0.2) is 48.7 Å². The first kappa shape index (κ1) is 24.6. The number of benzene rings is 1. The normalized spacial score (nSPS) is 11.8. The summed E-state index contributed by atoms with van der Waals surface area (Å²) in [5.74, 6) is 0.646. The maximum Gasteiger partial charge on any atom is 0.251 e. The van der Waals surface area contributed by atoms with Gasteiger partial charge in [-0.15, -0.1) is 0 Å². The highest BCUT2D eigenvalue weighted by atomic mass is 16.3. The molecule has 0 spiro atoms. The van der Waals surface area contributed by atoms with Crippen LogP contribution in [0.3, 0.4) is 0 Å². The van der Waals surface area contributed by atoms with E-state index in [0.717, 1.165) is 27.8 Å². The van der Waals surface area contributed by atoms with Gasteiger partial charge in [-0.3, -0.25) is 4.79 Å². The van der Waals surface area contributed by atoms with E-state index in [-0.39, 0.29) is 30.4 Å². The van der Waals surface area contributed by atoms with Crippen LogP contribution >= 0.6 is 0 Å². The standard InChI is InChI=1S/C25H27N9O2/c1-13-5-7-34-21(13)20(17-9-14(2)19(15(3)10-17)25(36)28-6-8-35)32-23(33-34)16(4)31-24-18(11-26)22(27)29-12-30-24/h5,7,9-10,12,16,35H,6,8H2,1-4H3,(H,28,36)(H3,27,29,30,31). The van der Waals surface area contributed by atoms with E-state index in [0.29, 0.717) is 22.9 Å². The van der Waals surface area contributed by atoms with Crippen LogP contribution in [0, 0.1) is 32.1 Å². The van der Waals surface area contributed by atoms with Gasteiger partial charge in [0.05, 0.1) is 23.9 Å². The van der Waals surface area contributed by atoms with E-state index in [1.807, 2.05) is 58.2 Å². The molecule has 11 heteroatoms. The minimum absolute atomic E-state index is 0.0920. The van der Waals surface area contributed by atoms with Gasteiger partial charge in [0.2, 0.25) is 0 Å². The number of hydrogen-bond acceptors (Lipinski definition) is 9. The lowest BCUT2D eigenvalue weighted by Gasteiger charge is -2.17. The second kappa shape index (κ2) is 9.97. The third-order valence-electron chi connectivity index (χ3n) is 5.89. The Bertz CT molecular complexity index is 1480. The van der Waals surface area contributed by atoms with E-state index in [1.54, 1.807) is 4.52 Å². The van der Waals surface area contributed by atoms with Crippen LogP contribution in [0.5, 0.6) is 0 Å². The van der Waals surface area contributed by atoms with Gasteiger partial charge in [0.1, 0.15) is 29.6 Å². The number of anilines is 2. The van der Waals surface area contributed by atoms with Gasteiger partial charge in [-0.2, -0.15) is 10.4 Å². The number of nitrogens with two attached hydrogens (primary N) is 1. The smallest absolute Gasteiger partial charge is 0.251 e. The molecule has 0 saturated carbocycles. The average Bonchev–Trinajstić information content (AvgIpc) is 3.22. The number of rotatable bonds is 7. The van der Waals surface area contributed by atoms with Gasteiger partial charge in [0.15, 0.2) is 5.82 Å². The Kier molecular flexibility index (Phi) is 6.80. The van der Waals surface area contributed by atoms with Crippen molar-refractivity contribution in [3.8, 4) is 17.3 Å². The highest BCUT2D eigenvalue weighted by Crippen LogP contribution is 2.30. The Hall–Kier alpha value is -4.56. The molecule has 5 N–H and O–H groups in total. The summed E-state index contributed by atoms with van der Waals surface area (Å²) in [5, 5.41) is 29.1. The molecule has 0 aliphatic heterocycles. The summed E-state index contributed by atoms with van der Waals surface area (Å²) >= 11 is 0. The zero-order chi connectivity index (χ0) is 26.0. The van der Waals surface area contributed by atoms with E-state index in [1.165, 1.54) is 6.33 Å². The molecule has 4 aromatic rings. The zero-order valence-electron chi connectivity index (χ0n) is 20.5. The number of aryl methyl sites for hydroxylation is 3. The number of carbonyl (C=O) groups excluding carboxylic acids is 1. The lowest BCUT2D eigenvalue weighted by molar-refractivity contribution is 0.0943. The number of aliphatic hydroxyl groups is 1. The highest BCUT2D eigenvalue weighted by molar-refractivity contribution is 5.98. The minimum atomic E-state index is -0.414. The summed E-state index contributed by atoms with van der Waals surface area (Å²) in [5.41, 5.74) is 11.6. The van der Waals surface area contributed by atoms with E-state index >= 15 is 0 Å². The van der Waals surface area contributed by atoms with Gasteiger partial charge in [-0.25, -0.2) is 19.5 Å². The fourth-order valence-corrected chi connectivity index (χ4v) is 4.18. The Balaban J connectivity index is 1.79. The molecule has 36 heavy (non-hydrogen) atoms. The number of nitriles is 1. The van der Waals surface area contributed by atoms with Crippen molar-refractivity contribution in [1.82, 2.24) is 29.9 Å².